The minimum absolute atomic E-state index is 0.142. The molecule has 5 heteroatoms. The third kappa shape index (κ3) is 4.77. The number of benzene rings is 1. The molecule has 0 radical (unpaired) electrons. The van der Waals surface area contributed by atoms with Crippen molar-refractivity contribution in [3.63, 3.8) is 0 Å². The fraction of sp³-hybridized carbons (Fsp3) is 0.708. The van der Waals surface area contributed by atoms with Crippen LogP contribution in [-0.2, 0) is 4.79 Å². The summed E-state index contributed by atoms with van der Waals surface area (Å²) in [7, 11) is 1.70. The van der Waals surface area contributed by atoms with E-state index in [1.807, 2.05) is 12.1 Å². The van der Waals surface area contributed by atoms with Gasteiger partial charge in [-0.05, 0) is 81.1 Å². The van der Waals surface area contributed by atoms with Crippen molar-refractivity contribution in [2.24, 2.45) is 23.5 Å². The van der Waals surface area contributed by atoms with Crippen molar-refractivity contribution >= 4 is 5.91 Å². The molecule has 1 heterocycles. The second kappa shape index (κ2) is 9.48. The highest BCUT2D eigenvalue weighted by molar-refractivity contribution is 5.78. The Kier molecular flexibility index (Phi) is 6.76. The van der Waals surface area contributed by atoms with Gasteiger partial charge in [0.05, 0.1) is 13.2 Å². The maximum atomic E-state index is 13.1. The van der Waals surface area contributed by atoms with E-state index in [4.69, 9.17) is 10.5 Å². The van der Waals surface area contributed by atoms with Crippen LogP contribution in [0, 0.1) is 17.8 Å². The number of hydrogen-bond acceptors (Lipinski definition) is 4. The van der Waals surface area contributed by atoms with Crippen LogP contribution in [0.15, 0.2) is 24.3 Å². The number of fused-ring (bicyclic) bond motifs is 2. The molecule has 2 aliphatic carbocycles. The van der Waals surface area contributed by atoms with Gasteiger partial charge in [-0.1, -0.05) is 25.0 Å². The molecule has 0 aromatic heterocycles. The van der Waals surface area contributed by atoms with E-state index in [0.29, 0.717) is 24.4 Å². The summed E-state index contributed by atoms with van der Waals surface area (Å²) in [5.41, 5.74) is 7.68. The number of ether oxygens (including phenoxy) is 1. The highest BCUT2D eigenvalue weighted by atomic mass is 16.5. The van der Waals surface area contributed by atoms with Gasteiger partial charge < -0.3 is 15.8 Å². The average Bonchev–Trinajstić information content (AvgIpc) is 2.75. The minimum Gasteiger partial charge on any atom is -0.497 e. The smallest absolute Gasteiger partial charge is 0.223 e. The number of nitrogens with two attached hydrogens (primary N) is 1. The Balaban J connectivity index is 1.41. The van der Waals surface area contributed by atoms with Gasteiger partial charge in [-0.15, -0.1) is 0 Å². The molecule has 4 rings (SSSR count). The van der Waals surface area contributed by atoms with Crippen molar-refractivity contribution in [2.45, 2.75) is 63.5 Å². The maximum Gasteiger partial charge on any atom is 0.223 e. The zero-order valence-electron chi connectivity index (χ0n) is 17.8. The minimum atomic E-state index is 0.142. The van der Waals surface area contributed by atoms with E-state index >= 15 is 0 Å². The topological polar surface area (TPSA) is 67.6 Å². The Bertz CT molecular complexity index is 657. The van der Waals surface area contributed by atoms with Crippen molar-refractivity contribution in [1.82, 2.24) is 10.2 Å². The van der Waals surface area contributed by atoms with Crippen LogP contribution in [0.4, 0.5) is 0 Å². The predicted molar refractivity (Wildman–Crippen MR) is 116 cm³/mol. The Hall–Kier alpha value is -1.59. The highest BCUT2D eigenvalue weighted by Crippen LogP contribution is 2.42. The fourth-order valence-corrected chi connectivity index (χ4v) is 5.86. The molecule has 2 saturated carbocycles. The lowest BCUT2D eigenvalue weighted by molar-refractivity contribution is -0.128. The van der Waals surface area contributed by atoms with Gasteiger partial charge in [0, 0.05) is 18.5 Å². The number of nitrogens with one attached hydrogen (secondary N) is 1. The van der Waals surface area contributed by atoms with Gasteiger partial charge in [0.15, 0.2) is 0 Å². The van der Waals surface area contributed by atoms with Gasteiger partial charge in [-0.3, -0.25) is 9.69 Å². The quantitative estimate of drug-likeness (QED) is 0.768. The third-order valence-corrected chi connectivity index (χ3v) is 7.59. The summed E-state index contributed by atoms with van der Waals surface area (Å²) in [5, 5.41) is 3.33. The van der Waals surface area contributed by atoms with Crippen LogP contribution < -0.4 is 15.8 Å². The summed E-state index contributed by atoms with van der Waals surface area (Å²) >= 11 is 0. The van der Waals surface area contributed by atoms with E-state index in [1.165, 1.54) is 44.1 Å². The van der Waals surface area contributed by atoms with Gasteiger partial charge in [-0.25, -0.2) is 0 Å². The predicted octanol–water partition coefficient (Wildman–Crippen LogP) is 3.49. The van der Waals surface area contributed by atoms with E-state index in [9.17, 15) is 4.79 Å². The zero-order chi connectivity index (χ0) is 20.2. The lowest BCUT2D eigenvalue weighted by Gasteiger charge is -2.43. The Morgan fingerprint density at radius 3 is 2.38 bits per heavy atom. The third-order valence-electron chi connectivity index (χ3n) is 7.59. The van der Waals surface area contributed by atoms with Crippen LogP contribution in [0.2, 0.25) is 0 Å². The summed E-state index contributed by atoms with van der Waals surface area (Å²) in [6.07, 6.45) is 9.42. The highest BCUT2D eigenvalue weighted by Gasteiger charge is 2.40. The SMILES string of the molecule is COc1ccc(C(CNC(=O)C2CC3CCCC(C2)C3N)N2CCCCC2)cc1. The standard InChI is InChI=1S/C24H37N3O2/c1-29-21-10-8-17(9-11-21)22(27-12-3-2-4-13-27)16-26-24(28)20-14-18-6-5-7-19(15-20)23(18)25/h8-11,18-20,22-23H,2-7,12-16,25H2,1H3,(H,26,28). The molecule has 1 aromatic rings. The maximum absolute atomic E-state index is 13.1. The molecule has 29 heavy (non-hydrogen) atoms. The molecule has 2 bridgehead atoms. The molecule has 160 valence electrons. The van der Waals surface area contributed by atoms with E-state index in [2.05, 4.69) is 22.3 Å². The first kappa shape index (κ1) is 20.7. The van der Waals surface area contributed by atoms with Crippen molar-refractivity contribution in [1.29, 1.82) is 0 Å². The summed E-state index contributed by atoms with van der Waals surface area (Å²) < 4.78 is 5.32. The molecular weight excluding hydrogens is 362 g/mol. The molecule has 1 amide bonds. The van der Waals surface area contributed by atoms with Gasteiger partial charge in [-0.2, -0.15) is 0 Å². The van der Waals surface area contributed by atoms with E-state index < -0.39 is 0 Å². The number of hydrogen-bond donors (Lipinski definition) is 2. The second-order valence-corrected chi connectivity index (χ2v) is 9.33. The molecule has 3 unspecified atom stereocenters. The first-order valence-corrected chi connectivity index (χ1v) is 11.6. The lowest BCUT2D eigenvalue weighted by Crippen LogP contribution is -2.50. The Labute approximate surface area is 175 Å². The summed E-state index contributed by atoms with van der Waals surface area (Å²) in [6, 6.07) is 8.89. The Morgan fingerprint density at radius 1 is 1.10 bits per heavy atom. The fourth-order valence-electron chi connectivity index (χ4n) is 5.86. The molecule has 5 nitrogen and oxygen atoms in total. The van der Waals surface area contributed by atoms with Crippen molar-refractivity contribution in [3.8, 4) is 5.75 Å². The van der Waals surface area contributed by atoms with Gasteiger partial charge in [0.25, 0.3) is 0 Å². The van der Waals surface area contributed by atoms with E-state index in [-0.39, 0.29) is 17.9 Å². The van der Waals surface area contributed by atoms with Gasteiger partial charge in [0.1, 0.15) is 5.75 Å². The zero-order valence-corrected chi connectivity index (χ0v) is 17.8. The summed E-state index contributed by atoms with van der Waals surface area (Å²) in [6.45, 7) is 2.90. The van der Waals surface area contributed by atoms with E-state index in [1.54, 1.807) is 7.11 Å². The van der Waals surface area contributed by atoms with Crippen LogP contribution in [0.3, 0.4) is 0 Å². The average molecular weight is 400 g/mol. The molecule has 3 aliphatic rings. The summed E-state index contributed by atoms with van der Waals surface area (Å²) in [5.74, 6) is 2.34. The van der Waals surface area contributed by atoms with Crippen molar-refractivity contribution < 1.29 is 9.53 Å². The largest absolute Gasteiger partial charge is 0.497 e. The van der Waals surface area contributed by atoms with Crippen LogP contribution in [0.25, 0.3) is 0 Å². The van der Waals surface area contributed by atoms with Crippen molar-refractivity contribution in [3.05, 3.63) is 29.8 Å². The molecular formula is C24H37N3O2. The van der Waals surface area contributed by atoms with Crippen LogP contribution >= 0.6 is 0 Å². The monoisotopic (exact) mass is 399 g/mol. The summed E-state index contributed by atoms with van der Waals surface area (Å²) in [4.78, 5) is 15.6. The molecule has 1 aliphatic heterocycles. The normalized spacial score (nSPS) is 31.1. The van der Waals surface area contributed by atoms with Crippen LogP contribution in [0.5, 0.6) is 5.75 Å². The number of carbonyl (C=O) groups excluding carboxylic acids is 1. The molecule has 1 aromatic carbocycles. The van der Waals surface area contributed by atoms with Crippen LogP contribution in [-0.4, -0.2) is 43.6 Å². The number of piperidine rings is 1. The first-order valence-electron chi connectivity index (χ1n) is 11.6. The molecule has 3 fully saturated rings. The first-order chi connectivity index (χ1) is 14.2. The number of carbonyl (C=O) groups is 1. The van der Waals surface area contributed by atoms with Gasteiger partial charge >= 0.3 is 0 Å². The van der Waals surface area contributed by atoms with Crippen LogP contribution in [0.1, 0.15) is 63.0 Å². The number of methoxy groups -OCH3 is 1. The van der Waals surface area contributed by atoms with Gasteiger partial charge in [0.2, 0.25) is 5.91 Å². The Morgan fingerprint density at radius 2 is 1.76 bits per heavy atom. The molecule has 1 saturated heterocycles. The van der Waals surface area contributed by atoms with Crippen molar-refractivity contribution in [2.75, 3.05) is 26.7 Å². The molecule has 3 atom stereocenters. The second-order valence-electron chi connectivity index (χ2n) is 9.33. The number of nitrogens with zero attached hydrogens (tertiary/aromatic N) is 1. The lowest BCUT2D eigenvalue weighted by atomic mass is 9.65. The van der Waals surface area contributed by atoms with E-state index in [0.717, 1.165) is 31.7 Å². The molecule has 3 N–H and O–H groups in total. The number of likely N-dealkylation sites (tertiary alicyclic amines) is 1. The molecule has 0 spiro atoms. The number of rotatable bonds is 6. The number of amides is 1.